The Hall–Kier alpha value is -2.82. The Balaban J connectivity index is 1.56. The van der Waals surface area contributed by atoms with Crippen molar-refractivity contribution in [1.29, 1.82) is 5.26 Å². The molecule has 0 unspecified atom stereocenters. The fourth-order valence-corrected chi connectivity index (χ4v) is 4.06. The first kappa shape index (κ1) is 22.9. The Morgan fingerprint density at radius 1 is 1.23 bits per heavy atom. The summed E-state index contributed by atoms with van der Waals surface area (Å²) < 4.78 is 0. The molecule has 0 aliphatic carbocycles. The number of rotatable bonds is 6. The van der Waals surface area contributed by atoms with Crippen molar-refractivity contribution in [2.45, 2.75) is 19.8 Å². The molecule has 1 N–H and O–H groups in total. The van der Waals surface area contributed by atoms with Crippen LogP contribution in [0.3, 0.4) is 0 Å². The number of nitrogens with zero attached hydrogens (tertiary/aromatic N) is 4. The molecule has 31 heavy (non-hydrogen) atoms. The highest BCUT2D eigenvalue weighted by molar-refractivity contribution is 6.39. The van der Waals surface area contributed by atoms with Gasteiger partial charge in [0, 0.05) is 31.7 Å². The average molecular weight is 460 g/mol. The van der Waals surface area contributed by atoms with E-state index in [1.165, 1.54) is 0 Å². The van der Waals surface area contributed by atoms with E-state index >= 15 is 0 Å². The lowest BCUT2D eigenvalue weighted by atomic mass is 9.95. The summed E-state index contributed by atoms with van der Waals surface area (Å²) >= 11 is 12.2. The molecule has 9 heteroatoms. The van der Waals surface area contributed by atoms with Gasteiger partial charge < -0.3 is 15.1 Å². The Morgan fingerprint density at radius 2 is 1.90 bits per heavy atom. The summed E-state index contributed by atoms with van der Waals surface area (Å²) in [5.74, 6) is 0.277. The van der Waals surface area contributed by atoms with E-state index in [9.17, 15) is 9.59 Å². The van der Waals surface area contributed by atoms with Crippen LogP contribution in [0.1, 0.15) is 25.3 Å². The van der Waals surface area contributed by atoms with Crippen LogP contribution in [0.2, 0.25) is 10.0 Å². The summed E-state index contributed by atoms with van der Waals surface area (Å²) in [6.45, 7) is 3.60. The van der Waals surface area contributed by atoms with Crippen molar-refractivity contribution in [3.63, 3.8) is 0 Å². The predicted octanol–water partition coefficient (Wildman–Crippen LogP) is 3.96. The maximum atomic E-state index is 13.0. The molecule has 0 radical (unpaired) electrons. The van der Waals surface area contributed by atoms with Crippen LogP contribution < -0.4 is 10.2 Å². The fourth-order valence-electron chi connectivity index (χ4n) is 3.57. The number of benzene rings is 1. The molecular formula is C22H23Cl2N5O2. The van der Waals surface area contributed by atoms with Gasteiger partial charge in [0.15, 0.2) is 0 Å². The molecule has 2 aromatic rings. The number of carbonyl (C=O) groups is 2. The number of hydrogen-bond donors (Lipinski definition) is 1. The van der Waals surface area contributed by atoms with E-state index in [2.05, 4.69) is 21.3 Å². The molecule has 1 aliphatic heterocycles. The number of carbonyl (C=O) groups excluding carboxylic acids is 2. The number of nitriles is 1. The minimum Gasteiger partial charge on any atom is -0.357 e. The lowest BCUT2D eigenvalue weighted by Crippen LogP contribution is -2.45. The van der Waals surface area contributed by atoms with Gasteiger partial charge in [-0.05, 0) is 44.0 Å². The van der Waals surface area contributed by atoms with E-state index in [-0.39, 0.29) is 24.3 Å². The molecule has 0 spiro atoms. The van der Waals surface area contributed by atoms with Crippen LogP contribution in [0.15, 0.2) is 36.5 Å². The first-order chi connectivity index (χ1) is 14.9. The zero-order valence-corrected chi connectivity index (χ0v) is 18.7. The van der Waals surface area contributed by atoms with Gasteiger partial charge in [-0.25, -0.2) is 4.98 Å². The molecule has 1 aromatic carbocycles. The maximum absolute atomic E-state index is 13.0. The highest BCUT2D eigenvalue weighted by Crippen LogP contribution is 2.30. The molecule has 2 heterocycles. The van der Waals surface area contributed by atoms with Gasteiger partial charge in [0.1, 0.15) is 11.9 Å². The van der Waals surface area contributed by atoms with E-state index in [1.807, 2.05) is 13.0 Å². The van der Waals surface area contributed by atoms with E-state index in [0.29, 0.717) is 53.8 Å². The van der Waals surface area contributed by atoms with Crippen LogP contribution in [0.4, 0.5) is 11.5 Å². The van der Waals surface area contributed by atoms with Gasteiger partial charge in [-0.1, -0.05) is 29.3 Å². The topological polar surface area (TPSA) is 89.3 Å². The second-order valence-electron chi connectivity index (χ2n) is 7.28. The number of halogens is 2. The maximum Gasteiger partial charge on any atom is 0.244 e. The molecule has 0 atom stereocenters. The van der Waals surface area contributed by atoms with Crippen LogP contribution in [0, 0.1) is 17.2 Å². The molecule has 2 amide bonds. The molecule has 1 saturated heterocycles. The van der Waals surface area contributed by atoms with E-state index in [0.717, 1.165) is 5.82 Å². The quantitative estimate of drug-likeness (QED) is 0.705. The largest absolute Gasteiger partial charge is 0.357 e. The lowest BCUT2D eigenvalue weighted by molar-refractivity contribution is -0.138. The summed E-state index contributed by atoms with van der Waals surface area (Å²) in [5, 5.41) is 12.3. The lowest BCUT2D eigenvalue weighted by Gasteiger charge is -2.34. The van der Waals surface area contributed by atoms with Gasteiger partial charge in [-0.3, -0.25) is 9.59 Å². The van der Waals surface area contributed by atoms with Gasteiger partial charge in [-0.15, -0.1) is 0 Å². The van der Waals surface area contributed by atoms with Crippen LogP contribution in [0.25, 0.3) is 0 Å². The Kier molecular flexibility index (Phi) is 7.72. The van der Waals surface area contributed by atoms with Crippen LogP contribution >= 0.6 is 23.2 Å². The Bertz CT molecular complexity index is 962. The molecule has 1 aliphatic rings. The first-order valence-corrected chi connectivity index (χ1v) is 10.8. The van der Waals surface area contributed by atoms with Crippen molar-refractivity contribution in [2.75, 3.05) is 36.4 Å². The molecule has 162 valence electrons. The van der Waals surface area contributed by atoms with Crippen molar-refractivity contribution in [3.8, 4) is 6.07 Å². The molecular weight excluding hydrogens is 437 g/mol. The summed E-state index contributed by atoms with van der Waals surface area (Å²) in [6.07, 6.45) is 2.90. The number of piperidine rings is 1. The van der Waals surface area contributed by atoms with E-state index in [1.54, 1.807) is 35.4 Å². The zero-order chi connectivity index (χ0) is 22.4. The smallest absolute Gasteiger partial charge is 0.244 e. The predicted molar refractivity (Wildman–Crippen MR) is 121 cm³/mol. The molecule has 3 rings (SSSR count). The summed E-state index contributed by atoms with van der Waals surface area (Å²) in [7, 11) is 0. The Labute approximate surface area is 191 Å². The summed E-state index contributed by atoms with van der Waals surface area (Å²) in [6, 6.07) is 10.6. The molecule has 0 saturated carbocycles. The van der Waals surface area contributed by atoms with Gasteiger partial charge in [0.25, 0.3) is 0 Å². The zero-order valence-electron chi connectivity index (χ0n) is 17.1. The van der Waals surface area contributed by atoms with Gasteiger partial charge in [-0.2, -0.15) is 5.26 Å². The third-order valence-electron chi connectivity index (χ3n) is 5.30. The van der Waals surface area contributed by atoms with Crippen LogP contribution in [-0.4, -0.2) is 47.9 Å². The number of likely N-dealkylation sites (N-methyl/N-ethyl adjacent to an activating group) is 1. The van der Waals surface area contributed by atoms with Crippen LogP contribution in [0.5, 0.6) is 0 Å². The Morgan fingerprint density at radius 3 is 2.45 bits per heavy atom. The second-order valence-corrected chi connectivity index (χ2v) is 8.09. The molecule has 7 nitrogen and oxygen atoms in total. The van der Waals surface area contributed by atoms with Gasteiger partial charge in [0.05, 0.1) is 27.8 Å². The third kappa shape index (κ3) is 5.66. The highest BCUT2D eigenvalue weighted by atomic mass is 35.5. The third-order valence-corrected chi connectivity index (χ3v) is 5.93. The second kappa shape index (κ2) is 10.5. The SMILES string of the molecule is CCN(CC(=O)Nc1c(Cl)cccc1Cl)C(=O)C1CCN(c2ccc(C#N)cn2)CC1. The van der Waals surface area contributed by atoms with Crippen LogP contribution in [-0.2, 0) is 9.59 Å². The summed E-state index contributed by atoms with van der Waals surface area (Å²) in [5.41, 5.74) is 0.867. The van der Waals surface area contributed by atoms with Crippen molar-refractivity contribution in [1.82, 2.24) is 9.88 Å². The normalized spacial score (nSPS) is 14.1. The fraction of sp³-hybridized carbons (Fsp3) is 0.364. The van der Waals surface area contributed by atoms with Gasteiger partial charge >= 0.3 is 0 Å². The number of para-hydroxylation sites is 1. The molecule has 0 bridgehead atoms. The van der Waals surface area contributed by atoms with Crippen molar-refractivity contribution in [3.05, 3.63) is 52.1 Å². The van der Waals surface area contributed by atoms with Crippen molar-refractivity contribution < 1.29 is 9.59 Å². The number of nitrogens with one attached hydrogen (secondary N) is 1. The number of pyridine rings is 1. The monoisotopic (exact) mass is 459 g/mol. The van der Waals surface area contributed by atoms with Crippen molar-refractivity contribution >= 4 is 46.5 Å². The minimum atomic E-state index is -0.343. The number of amides is 2. The van der Waals surface area contributed by atoms with Crippen molar-refractivity contribution in [2.24, 2.45) is 5.92 Å². The molecule has 1 aromatic heterocycles. The van der Waals surface area contributed by atoms with Gasteiger partial charge in [0.2, 0.25) is 11.8 Å². The number of aromatic nitrogens is 1. The van der Waals surface area contributed by atoms with E-state index < -0.39 is 0 Å². The summed E-state index contributed by atoms with van der Waals surface area (Å²) in [4.78, 5) is 33.5. The molecule has 1 fully saturated rings. The highest BCUT2D eigenvalue weighted by Gasteiger charge is 2.29. The average Bonchev–Trinajstić information content (AvgIpc) is 2.79. The minimum absolute atomic E-state index is 0.0321. The standard InChI is InChI=1S/C22H23Cl2N5O2/c1-2-28(14-20(30)27-21-17(23)4-3-5-18(21)24)22(31)16-8-10-29(11-9-16)19-7-6-15(12-25)13-26-19/h3-7,13,16H,2,8-11,14H2,1H3,(H,27,30). The first-order valence-electron chi connectivity index (χ1n) is 10.1. The van der Waals surface area contributed by atoms with E-state index in [4.69, 9.17) is 28.5 Å². The number of anilines is 2. The number of hydrogen-bond acceptors (Lipinski definition) is 5.